The van der Waals surface area contributed by atoms with Crippen LogP contribution in [0.4, 0.5) is 10.1 Å². The summed E-state index contributed by atoms with van der Waals surface area (Å²) in [5.74, 6) is 0.261. The first-order chi connectivity index (χ1) is 12.2. The normalized spacial score (nSPS) is 17.0. The van der Waals surface area contributed by atoms with Gasteiger partial charge in [-0.1, -0.05) is 0 Å². The van der Waals surface area contributed by atoms with Crippen LogP contribution in [0.1, 0.15) is 29.2 Å². The van der Waals surface area contributed by atoms with Crippen molar-refractivity contribution in [1.82, 2.24) is 4.72 Å². The fourth-order valence-corrected chi connectivity index (χ4v) is 5.62. The Morgan fingerprint density at radius 2 is 2.00 bits per heavy atom. The van der Waals surface area contributed by atoms with Crippen molar-refractivity contribution in [3.8, 4) is 0 Å². The zero-order valence-electron chi connectivity index (χ0n) is 14.2. The molecule has 3 rings (SSSR count). The van der Waals surface area contributed by atoms with Crippen LogP contribution in [0.2, 0.25) is 0 Å². The molecular weight excluding hydrogens is 379 g/mol. The second kappa shape index (κ2) is 6.98. The van der Waals surface area contributed by atoms with E-state index in [1.165, 1.54) is 18.2 Å². The number of hydrogen-bond donors (Lipinski definition) is 1. The molecular formula is C17H17FN2O4S2. The topological polar surface area (TPSA) is 89.3 Å². The van der Waals surface area contributed by atoms with Gasteiger partial charge >= 0.3 is 0 Å². The van der Waals surface area contributed by atoms with Gasteiger partial charge in [0.25, 0.3) is 5.69 Å². The lowest BCUT2D eigenvalue weighted by Gasteiger charge is -2.26. The molecule has 0 saturated carbocycles. The number of aryl methyl sites for hydroxylation is 1. The van der Waals surface area contributed by atoms with E-state index in [1.807, 2.05) is 0 Å². The molecule has 0 unspecified atom stereocenters. The van der Waals surface area contributed by atoms with Crippen molar-refractivity contribution in [2.75, 3.05) is 5.75 Å². The molecule has 1 atom stereocenters. The summed E-state index contributed by atoms with van der Waals surface area (Å²) in [5.41, 5.74) is 1.28. The van der Waals surface area contributed by atoms with Crippen LogP contribution in [0.5, 0.6) is 0 Å². The number of sulfonamides is 1. The minimum atomic E-state index is -4.01. The predicted molar refractivity (Wildman–Crippen MR) is 97.4 cm³/mol. The highest BCUT2D eigenvalue weighted by molar-refractivity contribution is 7.99. The van der Waals surface area contributed by atoms with E-state index in [1.54, 1.807) is 31.7 Å². The maximum Gasteiger partial charge on any atom is 0.271 e. The van der Waals surface area contributed by atoms with E-state index >= 15 is 0 Å². The van der Waals surface area contributed by atoms with Crippen LogP contribution in [0.3, 0.4) is 0 Å². The predicted octanol–water partition coefficient (Wildman–Crippen LogP) is 3.87. The quantitative estimate of drug-likeness (QED) is 0.626. The van der Waals surface area contributed by atoms with Gasteiger partial charge in [0.05, 0.1) is 9.82 Å². The van der Waals surface area contributed by atoms with Gasteiger partial charge in [-0.2, -0.15) is 0 Å². The molecule has 0 aromatic heterocycles. The highest BCUT2D eigenvalue weighted by Crippen LogP contribution is 2.37. The van der Waals surface area contributed by atoms with Crippen molar-refractivity contribution in [2.24, 2.45) is 0 Å². The molecule has 1 aliphatic heterocycles. The summed E-state index contributed by atoms with van der Waals surface area (Å²) in [6.45, 7) is 3.24. The van der Waals surface area contributed by atoms with Crippen molar-refractivity contribution in [3.63, 3.8) is 0 Å². The van der Waals surface area contributed by atoms with Gasteiger partial charge in [-0.25, -0.2) is 17.5 Å². The Kier molecular flexibility index (Phi) is 5.05. The van der Waals surface area contributed by atoms with Gasteiger partial charge in [-0.3, -0.25) is 10.1 Å². The molecule has 1 heterocycles. The Morgan fingerprint density at radius 1 is 1.27 bits per heavy atom. The monoisotopic (exact) mass is 396 g/mol. The number of nitrogens with zero attached hydrogens (tertiary/aromatic N) is 1. The van der Waals surface area contributed by atoms with Crippen molar-refractivity contribution in [1.29, 1.82) is 0 Å². The van der Waals surface area contributed by atoms with E-state index in [0.717, 1.165) is 11.0 Å². The van der Waals surface area contributed by atoms with E-state index in [4.69, 9.17) is 0 Å². The van der Waals surface area contributed by atoms with Crippen LogP contribution < -0.4 is 4.72 Å². The van der Waals surface area contributed by atoms with Crippen LogP contribution in [-0.4, -0.2) is 19.1 Å². The molecule has 0 radical (unpaired) electrons. The first-order valence-electron chi connectivity index (χ1n) is 7.89. The average molecular weight is 396 g/mol. The first-order valence-corrected chi connectivity index (χ1v) is 10.4. The van der Waals surface area contributed by atoms with Crippen LogP contribution in [0.15, 0.2) is 40.1 Å². The number of thioether (sulfide) groups is 1. The molecule has 0 bridgehead atoms. The average Bonchev–Trinajstić information content (AvgIpc) is 2.57. The van der Waals surface area contributed by atoms with Crippen molar-refractivity contribution < 1.29 is 17.7 Å². The highest BCUT2D eigenvalue weighted by atomic mass is 32.2. The number of hydrogen-bond acceptors (Lipinski definition) is 5. The molecule has 0 saturated heterocycles. The van der Waals surface area contributed by atoms with E-state index in [0.29, 0.717) is 28.9 Å². The van der Waals surface area contributed by atoms with Crippen LogP contribution in [0.25, 0.3) is 0 Å². The molecule has 138 valence electrons. The maximum atomic E-state index is 13.6. The second-order valence-electron chi connectivity index (χ2n) is 6.14. The van der Waals surface area contributed by atoms with Crippen LogP contribution in [-0.2, 0) is 10.0 Å². The molecule has 0 spiro atoms. The number of nitrogens with one attached hydrogen (secondary N) is 1. The number of halogens is 1. The van der Waals surface area contributed by atoms with Crippen LogP contribution in [0, 0.1) is 29.8 Å². The molecule has 2 aromatic carbocycles. The minimum absolute atomic E-state index is 0.125. The fourth-order valence-electron chi connectivity index (χ4n) is 2.93. The van der Waals surface area contributed by atoms with E-state index in [2.05, 4.69) is 4.72 Å². The molecule has 2 aromatic rings. The van der Waals surface area contributed by atoms with Gasteiger partial charge in [0.1, 0.15) is 5.82 Å². The van der Waals surface area contributed by atoms with Crippen molar-refractivity contribution in [3.05, 3.63) is 63.0 Å². The SMILES string of the molecule is Cc1cc([N+](=O)[O-])cc(S(=O)(=O)N[C@@H]2CCSc3ccc(F)cc32)c1C. The largest absolute Gasteiger partial charge is 0.271 e. The first kappa shape index (κ1) is 18.8. The number of benzene rings is 2. The van der Waals surface area contributed by atoms with Gasteiger partial charge in [0.2, 0.25) is 10.0 Å². The highest BCUT2D eigenvalue weighted by Gasteiger charge is 2.29. The zero-order valence-corrected chi connectivity index (χ0v) is 15.8. The lowest BCUT2D eigenvalue weighted by Crippen LogP contribution is -2.31. The summed E-state index contributed by atoms with van der Waals surface area (Å²) in [7, 11) is -4.01. The van der Waals surface area contributed by atoms with Crippen LogP contribution >= 0.6 is 11.8 Å². The summed E-state index contributed by atoms with van der Waals surface area (Å²) >= 11 is 1.54. The Bertz CT molecular complexity index is 992. The Balaban J connectivity index is 2.02. The lowest BCUT2D eigenvalue weighted by molar-refractivity contribution is -0.385. The molecule has 9 heteroatoms. The van der Waals surface area contributed by atoms with Crippen molar-refractivity contribution >= 4 is 27.5 Å². The lowest BCUT2D eigenvalue weighted by atomic mass is 10.0. The third-order valence-electron chi connectivity index (χ3n) is 4.41. The Morgan fingerprint density at radius 3 is 2.69 bits per heavy atom. The minimum Gasteiger partial charge on any atom is -0.258 e. The van der Waals surface area contributed by atoms with E-state index < -0.39 is 26.8 Å². The zero-order chi connectivity index (χ0) is 19.1. The second-order valence-corrected chi connectivity index (χ2v) is 8.96. The molecule has 0 amide bonds. The number of rotatable bonds is 4. The summed E-state index contributed by atoms with van der Waals surface area (Å²) in [5, 5.41) is 11.1. The number of nitro groups is 1. The Hall–Kier alpha value is -1.97. The molecule has 1 N–H and O–H groups in total. The summed E-state index contributed by atoms with van der Waals surface area (Å²) in [4.78, 5) is 11.2. The van der Waals surface area contributed by atoms with Gasteiger partial charge < -0.3 is 0 Å². The molecule has 26 heavy (non-hydrogen) atoms. The summed E-state index contributed by atoms with van der Waals surface area (Å²) < 4.78 is 42.0. The number of fused-ring (bicyclic) bond motifs is 1. The van der Waals surface area contributed by atoms with E-state index in [-0.39, 0.29) is 10.6 Å². The number of nitro benzene ring substituents is 1. The third-order valence-corrected chi connectivity index (χ3v) is 7.13. The molecule has 1 aliphatic rings. The van der Waals surface area contributed by atoms with Crippen molar-refractivity contribution in [2.45, 2.75) is 36.1 Å². The van der Waals surface area contributed by atoms with Gasteiger partial charge in [-0.15, -0.1) is 11.8 Å². The van der Waals surface area contributed by atoms with E-state index in [9.17, 15) is 22.9 Å². The maximum absolute atomic E-state index is 13.6. The molecule has 0 fully saturated rings. The number of non-ortho nitro benzene ring substituents is 1. The molecule has 6 nitrogen and oxygen atoms in total. The Labute approximate surface area is 155 Å². The van der Waals surface area contributed by atoms with Gasteiger partial charge in [0, 0.05) is 23.1 Å². The summed E-state index contributed by atoms with van der Waals surface area (Å²) in [6, 6.07) is 6.14. The fraction of sp³-hybridized carbons (Fsp3) is 0.294. The third kappa shape index (κ3) is 3.60. The molecule has 0 aliphatic carbocycles. The van der Waals surface area contributed by atoms with Gasteiger partial charge in [-0.05, 0) is 60.9 Å². The smallest absolute Gasteiger partial charge is 0.258 e. The standard InChI is InChI=1S/C17H17FN2O4S2/c1-10-7-13(20(21)22)9-17(11(10)2)26(23,24)19-15-5-6-25-16-4-3-12(18)8-14(15)16/h3-4,7-9,15,19H,5-6H2,1-2H3/t15-/m1/s1. The summed E-state index contributed by atoms with van der Waals surface area (Å²) in [6.07, 6.45) is 0.507. The van der Waals surface area contributed by atoms with Gasteiger partial charge in [0.15, 0.2) is 0 Å².